The van der Waals surface area contributed by atoms with Crippen molar-refractivity contribution in [1.82, 2.24) is 4.98 Å². The molecule has 38 heavy (non-hydrogen) atoms. The summed E-state index contributed by atoms with van der Waals surface area (Å²) in [7, 11) is 1.60. The molecule has 0 saturated carbocycles. The number of nitriles is 1. The van der Waals surface area contributed by atoms with Crippen LogP contribution in [0.1, 0.15) is 22.8 Å². The first-order chi connectivity index (χ1) is 18.5. The summed E-state index contributed by atoms with van der Waals surface area (Å²) in [6, 6.07) is 27.8. The van der Waals surface area contributed by atoms with Gasteiger partial charge in [0.2, 0.25) is 5.91 Å². The first-order valence-corrected chi connectivity index (χ1v) is 12.9. The minimum atomic E-state index is -0.415. The number of hydrogen-bond donors (Lipinski definition) is 1. The van der Waals surface area contributed by atoms with Gasteiger partial charge in [0.25, 0.3) is 0 Å². The molecule has 1 amide bonds. The molecule has 0 aliphatic carbocycles. The van der Waals surface area contributed by atoms with Crippen LogP contribution in [0.2, 0.25) is 0 Å². The maximum atomic E-state index is 12.7. The normalized spacial score (nSPS) is 10.3. The number of amides is 1. The van der Waals surface area contributed by atoms with Gasteiger partial charge in [-0.15, -0.1) is 0 Å². The summed E-state index contributed by atoms with van der Waals surface area (Å²) in [4.78, 5) is 29.3. The van der Waals surface area contributed by atoms with Crippen molar-refractivity contribution in [3.05, 3.63) is 96.1 Å². The smallest absolute Gasteiger partial charge is 0.338 e. The molecule has 0 bridgehead atoms. The Kier molecular flexibility index (Phi) is 8.75. The zero-order valence-corrected chi connectivity index (χ0v) is 21.7. The standard InChI is InChI=1S/C30H25N3O4S/c1-3-37-30(35)22-9-13-23(14-10-22)32-28(34)19-38-29-26(18-31)25(20-11-15-24(36-2)16-12-20)17-27(33-29)21-7-5-4-6-8-21/h4-17H,3,19H2,1-2H3,(H,32,34). The van der Waals surface area contributed by atoms with Crippen LogP contribution in [0.15, 0.2) is 90.0 Å². The Balaban J connectivity index is 1.58. The van der Waals surface area contributed by atoms with Gasteiger partial charge >= 0.3 is 5.97 Å². The molecule has 0 fully saturated rings. The van der Waals surface area contributed by atoms with Crippen LogP contribution in [0.4, 0.5) is 5.69 Å². The molecule has 1 N–H and O–H groups in total. The fraction of sp³-hybridized carbons (Fsp3) is 0.133. The van der Waals surface area contributed by atoms with Gasteiger partial charge in [0.1, 0.15) is 16.8 Å². The first kappa shape index (κ1) is 26.5. The summed E-state index contributed by atoms with van der Waals surface area (Å²) in [5, 5.41) is 13.3. The van der Waals surface area contributed by atoms with E-state index in [-0.39, 0.29) is 11.7 Å². The summed E-state index contributed by atoms with van der Waals surface area (Å²) >= 11 is 1.19. The Morgan fingerprint density at radius 2 is 1.68 bits per heavy atom. The van der Waals surface area contributed by atoms with E-state index in [0.717, 1.165) is 16.7 Å². The lowest BCUT2D eigenvalue weighted by Gasteiger charge is -2.13. The molecule has 7 nitrogen and oxygen atoms in total. The Hall–Kier alpha value is -4.61. The van der Waals surface area contributed by atoms with Gasteiger partial charge in [0, 0.05) is 16.8 Å². The lowest BCUT2D eigenvalue weighted by molar-refractivity contribution is -0.113. The quantitative estimate of drug-likeness (QED) is 0.206. The van der Waals surface area contributed by atoms with E-state index >= 15 is 0 Å². The van der Waals surface area contributed by atoms with Crippen molar-refractivity contribution in [2.45, 2.75) is 11.9 Å². The molecule has 0 aliphatic heterocycles. The van der Waals surface area contributed by atoms with Crippen LogP contribution in [0.3, 0.4) is 0 Å². The lowest BCUT2D eigenvalue weighted by atomic mass is 9.99. The van der Waals surface area contributed by atoms with Gasteiger partial charge < -0.3 is 14.8 Å². The van der Waals surface area contributed by atoms with Crippen molar-refractivity contribution in [3.63, 3.8) is 0 Å². The van der Waals surface area contributed by atoms with Crippen molar-refractivity contribution in [3.8, 4) is 34.2 Å². The number of thioether (sulfide) groups is 1. The number of methoxy groups -OCH3 is 1. The fourth-order valence-corrected chi connectivity index (χ4v) is 4.53. The molecule has 0 aliphatic rings. The lowest BCUT2D eigenvalue weighted by Crippen LogP contribution is -2.14. The summed E-state index contributed by atoms with van der Waals surface area (Å²) < 4.78 is 10.3. The number of ether oxygens (including phenoxy) is 2. The number of carbonyl (C=O) groups is 2. The molecule has 190 valence electrons. The van der Waals surface area contributed by atoms with Gasteiger partial charge in [-0.1, -0.05) is 54.2 Å². The molecule has 4 rings (SSSR count). The van der Waals surface area contributed by atoms with Gasteiger partial charge in [-0.25, -0.2) is 9.78 Å². The molecule has 0 radical (unpaired) electrons. The number of aromatic nitrogens is 1. The zero-order chi connectivity index (χ0) is 26.9. The van der Waals surface area contributed by atoms with E-state index in [4.69, 9.17) is 14.5 Å². The third-order valence-corrected chi connectivity index (χ3v) is 6.56. The molecule has 8 heteroatoms. The number of carbonyl (C=O) groups excluding carboxylic acids is 2. The average molecular weight is 524 g/mol. The van der Waals surface area contributed by atoms with Crippen LogP contribution in [0, 0.1) is 11.3 Å². The predicted octanol–water partition coefficient (Wildman–Crippen LogP) is 6.20. The number of benzene rings is 3. The van der Waals surface area contributed by atoms with Crippen LogP contribution < -0.4 is 10.1 Å². The van der Waals surface area contributed by atoms with E-state index in [1.165, 1.54) is 11.8 Å². The minimum Gasteiger partial charge on any atom is -0.497 e. The maximum Gasteiger partial charge on any atom is 0.338 e. The van der Waals surface area contributed by atoms with Gasteiger partial charge in [0.05, 0.1) is 36.3 Å². The molecule has 3 aromatic carbocycles. The molecule has 1 heterocycles. The SMILES string of the molecule is CCOC(=O)c1ccc(NC(=O)CSc2nc(-c3ccccc3)cc(-c3ccc(OC)cc3)c2C#N)cc1. The van der Waals surface area contributed by atoms with E-state index < -0.39 is 5.97 Å². The topological polar surface area (TPSA) is 101 Å². The molecular weight excluding hydrogens is 498 g/mol. The highest BCUT2D eigenvalue weighted by atomic mass is 32.2. The largest absolute Gasteiger partial charge is 0.497 e. The highest BCUT2D eigenvalue weighted by Crippen LogP contribution is 2.35. The summed E-state index contributed by atoms with van der Waals surface area (Å²) in [6.45, 7) is 2.03. The predicted molar refractivity (Wildman–Crippen MR) is 148 cm³/mol. The number of esters is 1. The summed E-state index contributed by atoms with van der Waals surface area (Å²) in [5.41, 5.74) is 4.52. The van der Waals surface area contributed by atoms with E-state index in [0.29, 0.717) is 39.9 Å². The maximum absolute atomic E-state index is 12.7. The summed E-state index contributed by atoms with van der Waals surface area (Å²) in [5.74, 6) is 0.0792. The Bertz CT molecular complexity index is 1460. The van der Waals surface area contributed by atoms with E-state index in [1.807, 2.05) is 60.7 Å². The number of nitrogens with zero attached hydrogens (tertiary/aromatic N) is 2. The van der Waals surface area contributed by atoms with Crippen molar-refractivity contribution in [2.75, 3.05) is 24.8 Å². The molecule has 0 unspecified atom stereocenters. The second-order valence-corrected chi connectivity index (χ2v) is 9.04. The molecule has 0 saturated heterocycles. The van der Waals surface area contributed by atoms with Crippen LogP contribution in [-0.2, 0) is 9.53 Å². The van der Waals surface area contributed by atoms with Crippen LogP contribution >= 0.6 is 11.8 Å². The number of rotatable bonds is 9. The van der Waals surface area contributed by atoms with Crippen molar-refractivity contribution in [2.24, 2.45) is 0 Å². The van der Waals surface area contributed by atoms with E-state index in [9.17, 15) is 14.9 Å². The summed E-state index contributed by atoms with van der Waals surface area (Å²) in [6.07, 6.45) is 0. The highest BCUT2D eigenvalue weighted by Gasteiger charge is 2.17. The molecule has 0 atom stereocenters. The first-order valence-electron chi connectivity index (χ1n) is 11.9. The minimum absolute atomic E-state index is 0.0433. The van der Waals surface area contributed by atoms with Crippen LogP contribution in [0.25, 0.3) is 22.4 Å². The van der Waals surface area contributed by atoms with Crippen molar-refractivity contribution >= 4 is 29.3 Å². The van der Waals surface area contributed by atoms with Gasteiger partial charge in [-0.2, -0.15) is 5.26 Å². The molecular formula is C30H25N3O4S. The zero-order valence-electron chi connectivity index (χ0n) is 20.9. The van der Waals surface area contributed by atoms with Crippen molar-refractivity contribution in [1.29, 1.82) is 5.26 Å². The van der Waals surface area contributed by atoms with Crippen molar-refractivity contribution < 1.29 is 19.1 Å². The average Bonchev–Trinajstić information content (AvgIpc) is 2.96. The van der Waals surface area contributed by atoms with E-state index in [2.05, 4.69) is 11.4 Å². The molecule has 0 spiro atoms. The molecule has 4 aromatic rings. The molecule has 1 aromatic heterocycles. The highest BCUT2D eigenvalue weighted by molar-refractivity contribution is 8.00. The Morgan fingerprint density at radius 1 is 0.974 bits per heavy atom. The van der Waals surface area contributed by atoms with Crippen LogP contribution in [0.5, 0.6) is 5.75 Å². The third-order valence-electron chi connectivity index (χ3n) is 5.59. The monoisotopic (exact) mass is 523 g/mol. The number of hydrogen-bond acceptors (Lipinski definition) is 7. The second-order valence-electron chi connectivity index (χ2n) is 8.08. The Labute approximate surface area is 225 Å². The van der Waals surface area contributed by atoms with E-state index in [1.54, 1.807) is 38.3 Å². The van der Waals surface area contributed by atoms with Gasteiger partial charge in [-0.05, 0) is 55.0 Å². The number of nitrogens with one attached hydrogen (secondary N) is 1. The fourth-order valence-electron chi connectivity index (χ4n) is 3.72. The number of pyridine rings is 1. The van der Waals surface area contributed by atoms with Gasteiger partial charge in [-0.3, -0.25) is 4.79 Å². The second kappa shape index (κ2) is 12.6. The van der Waals surface area contributed by atoms with Crippen LogP contribution in [-0.4, -0.2) is 36.3 Å². The Morgan fingerprint density at radius 3 is 2.32 bits per heavy atom. The van der Waals surface area contributed by atoms with Gasteiger partial charge in [0.15, 0.2) is 0 Å². The third kappa shape index (κ3) is 6.38. The number of anilines is 1.